The summed E-state index contributed by atoms with van der Waals surface area (Å²) in [5.41, 5.74) is 2.67. The second-order valence-corrected chi connectivity index (χ2v) is 5.52. The van der Waals surface area contributed by atoms with Crippen molar-refractivity contribution in [2.75, 3.05) is 6.61 Å². The molecule has 0 fully saturated rings. The standard InChI is InChI=1S/C17H14FN5O2/c1-3-25-17(24)11-7-19-16-13(11)14(20-8-21-16)9-4-5-10-12(6-9)22-23(2)15(10)18/h4-8H,3H2,1-2H3,(H,19,20,21). The summed E-state index contributed by atoms with van der Waals surface area (Å²) in [5, 5.41) is 5.15. The van der Waals surface area contributed by atoms with E-state index in [0.717, 1.165) is 0 Å². The van der Waals surface area contributed by atoms with E-state index in [-0.39, 0.29) is 6.61 Å². The molecular formula is C17H14FN5O2. The predicted molar refractivity (Wildman–Crippen MR) is 89.5 cm³/mol. The monoisotopic (exact) mass is 339 g/mol. The molecule has 7 nitrogen and oxygen atoms in total. The van der Waals surface area contributed by atoms with E-state index in [9.17, 15) is 9.18 Å². The van der Waals surface area contributed by atoms with Crippen LogP contribution in [-0.4, -0.2) is 37.3 Å². The summed E-state index contributed by atoms with van der Waals surface area (Å²) in [4.78, 5) is 23.6. The lowest BCUT2D eigenvalue weighted by atomic mass is 10.0. The number of aryl methyl sites for hydroxylation is 1. The van der Waals surface area contributed by atoms with Crippen LogP contribution in [0.4, 0.5) is 4.39 Å². The topological polar surface area (TPSA) is 85.7 Å². The van der Waals surface area contributed by atoms with Gasteiger partial charge in [-0.15, -0.1) is 0 Å². The van der Waals surface area contributed by atoms with Crippen LogP contribution < -0.4 is 0 Å². The third-order valence-electron chi connectivity index (χ3n) is 4.00. The lowest BCUT2D eigenvalue weighted by molar-refractivity contribution is 0.0528. The first-order chi connectivity index (χ1) is 12.1. The first-order valence-corrected chi connectivity index (χ1v) is 7.72. The highest BCUT2D eigenvalue weighted by Gasteiger charge is 2.19. The molecule has 25 heavy (non-hydrogen) atoms. The number of aromatic nitrogens is 5. The fraction of sp³-hybridized carbons (Fsp3) is 0.176. The van der Waals surface area contributed by atoms with E-state index < -0.39 is 11.9 Å². The van der Waals surface area contributed by atoms with Crippen LogP contribution in [0.3, 0.4) is 0 Å². The first-order valence-electron chi connectivity index (χ1n) is 7.72. The minimum Gasteiger partial charge on any atom is -0.462 e. The van der Waals surface area contributed by atoms with Crippen molar-refractivity contribution in [3.8, 4) is 11.3 Å². The first kappa shape index (κ1) is 15.3. The van der Waals surface area contributed by atoms with Gasteiger partial charge in [0.2, 0.25) is 5.95 Å². The zero-order valence-corrected chi connectivity index (χ0v) is 13.6. The molecule has 8 heteroatoms. The number of aromatic amines is 1. The van der Waals surface area contributed by atoms with Crippen molar-refractivity contribution in [1.29, 1.82) is 0 Å². The van der Waals surface area contributed by atoms with E-state index in [1.165, 1.54) is 11.0 Å². The number of nitrogens with zero attached hydrogens (tertiary/aromatic N) is 4. The summed E-state index contributed by atoms with van der Waals surface area (Å²) in [6.45, 7) is 2.02. The second-order valence-electron chi connectivity index (χ2n) is 5.52. The molecule has 0 atom stereocenters. The normalized spacial score (nSPS) is 11.3. The number of halogens is 1. The third-order valence-corrected chi connectivity index (χ3v) is 4.00. The molecule has 0 radical (unpaired) electrons. The number of rotatable bonds is 3. The molecule has 0 aliphatic carbocycles. The number of carbonyl (C=O) groups is 1. The molecule has 0 amide bonds. The Hall–Kier alpha value is -3.29. The summed E-state index contributed by atoms with van der Waals surface area (Å²) in [6, 6.07) is 5.14. The van der Waals surface area contributed by atoms with Gasteiger partial charge in [0, 0.05) is 18.8 Å². The van der Waals surface area contributed by atoms with Gasteiger partial charge in [-0.2, -0.15) is 9.49 Å². The molecule has 4 aromatic rings. The van der Waals surface area contributed by atoms with Gasteiger partial charge in [0.05, 0.1) is 34.2 Å². The molecule has 1 N–H and O–H groups in total. The molecule has 3 aromatic heterocycles. The van der Waals surface area contributed by atoms with Crippen LogP contribution >= 0.6 is 0 Å². The number of H-pyrrole nitrogens is 1. The number of hydrogen-bond acceptors (Lipinski definition) is 5. The number of ether oxygens (including phenoxy) is 1. The van der Waals surface area contributed by atoms with Gasteiger partial charge < -0.3 is 9.72 Å². The average Bonchev–Trinajstić information content (AvgIpc) is 3.16. The van der Waals surface area contributed by atoms with E-state index >= 15 is 0 Å². The average molecular weight is 339 g/mol. The van der Waals surface area contributed by atoms with Crippen LogP contribution in [-0.2, 0) is 11.8 Å². The molecule has 0 aliphatic rings. The van der Waals surface area contributed by atoms with E-state index in [2.05, 4.69) is 20.1 Å². The molecule has 3 heterocycles. The van der Waals surface area contributed by atoms with E-state index in [4.69, 9.17) is 4.74 Å². The van der Waals surface area contributed by atoms with E-state index in [1.54, 1.807) is 38.4 Å². The number of nitrogens with one attached hydrogen (secondary N) is 1. The Bertz CT molecular complexity index is 1120. The Morgan fingerprint density at radius 2 is 2.20 bits per heavy atom. The van der Waals surface area contributed by atoms with Crippen molar-refractivity contribution in [2.24, 2.45) is 7.05 Å². The highest BCUT2D eigenvalue weighted by atomic mass is 19.1. The molecule has 4 rings (SSSR count). The Morgan fingerprint density at radius 1 is 1.36 bits per heavy atom. The SMILES string of the molecule is CCOC(=O)c1c[nH]c2ncnc(-c3ccc4c(F)n(C)nc4c3)c12. The maximum absolute atomic E-state index is 14.0. The van der Waals surface area contributed by atoms with Crippen LogP contribution in [0.15, 0.2) is 30.7 Å². The highest BCUT2D eigenvalue weighted by molar-refractivity contribution is 6.08. The zero-order valence-electron chi connectivity index (χ0n) is 13.6. The Kier molecular flexibility index (Phi) is 3.45. The molecule has 0 unspecified atom stereocenters. The molecule has 0 bridgehead atoms. The molecule has 0 saturated carbocycles. The number of benzene rings is 1. The van der Waals surface area contributed by atoms with Crippen LogP contribution in [0.2, 0.25) is 0 Å². The van der Waals surface area contributed by atoms with Crippen molar-refractivity contribution >= 4 is 27.9 Å². The van der Waals surface area contributed by atoms with Crippen molar-refractivity contribution in [1.82, 2.24) is 24.7 Å². The van der Waals surface area contributed by atoms with Gasteiger partial charge >= 0.3 is 5.97 Å². The molecular weight excluding hydrogens is 325 g/mol. The summed E-state index contributed by atoms with van der Waals surface area (Å²) in [7, 11) is 1.54. The zero-order chi connectivity index (χ0) is 17.6. The highest BCUT2D eigenvalue weighted by Crippen LogP contribution is 2.30. The fourth-order valence-electron chi connectivity index (χ4n) is 2.87. The minimum atomic E-state index is -0.449. The van der Waals surface area contributed by atoms with Crippen molar-refractivity contribution in [3.05, 3.63) is 42.2 Å². The number of carbonyl (C=O) groups excluding carboxylic acids is 1. The summed E-state index contributed by atoms with van der Waals surface area (Å²) in [6.07, 6.45) is 2.96. The predicted octanol–water partition coefficient (Wildman–Crippen LogP) is 2.83. The van der Waals surface area contributed by atoms with Gasteiger partial charge in [-0.25, -0.2) is 19.4 Å². The summed E-state index contributed by atoms with van der Waals surface area (Å²) >= 11 is 0. The summed E-state index contributed by atoms with van der Waals surface area (Å²) in [5.74, 6) is -0.849. The van der Waals surface area contributed by atoms with Gasteiger partial charge in [-0.1, -0.05) is 6.07 Å². The fourth-order valence-corrected chi connectivity index (χ4v) is 2.87. The van der Waals surface area contributed by atoms with Crippen molar-refractivity contribution in [2.45, 2.75) is 6.92 Å². The van der Waals surface area contributed by atoms with Gasteiger partial charge in [-0.05, 0) is 19.1 Å². The van der Waals surface area contributed by atoms with Gasteiger partial charge in [0.25, 0.3) is 0 Å². The Morgan fingerprint density at radius 3 is 3.00 bits per heavy atom. The van der Waals surface area contributed by atoms with Crippen molar-refractivity contribution in [3.63, 3.8) is 0 Å². The number of hydrogen-bond donors (Lipinski definition) is 1. The Labute approximate surface area is 141 Å². The largest absolute Gasteiger partial charge is 0.462 e. The quantitative estimate of drug-likeness (QED) is 0.580. The van der Waals surface area contributed by atoms with Crippen molar-refractivity contribution < 1.29 is 13.9 Å². The lowest BCUT2D eigenvalue weighted by Crippen LogP contribution is -2.04. The number of esters is 1. The lowest BCUT2D eigenvalue weighted by Gasteiger charge is -2.05. The van der Waals surface area contributed by atoms with Gasteiger partial charge in [0.15, 0.2) is 0 Å². The van der Waals surface area contributed by atoms with Crippen LogP contribution in [0.1, 0.15) is 17.3 Å². The van der Waals surface area contributed by atoms with Gasteiger partial charge in [-0.3, -0.25) is 0 Å². The third kappa shape index (κ3) is 2.34. The van der Waals surface area contributed by atoms with Crippen LogP contribution in [0.5, 0.6) is 0 Å². The summed E-state index contributed by atoms with van der Waals surface area (Å²) < 4.78 is 20.2. The van der Waals surface area contributed by atoms with E-state index in [1.807, 2.05) is 0 Å². The molecule has 1 aromatic carbocycles. The maximum atomic E-state index is 14.0. The number of fused-ring (bicyclic) bond motifs is 2. The molecule has 126 valence electrons. The second kappa shape index (κ2) is 5.66. The maximum Gasteiger partial charge on any atom is 0.340 e. The Balaban J connectivity index is 1.94. The smallest absolute Gasteiger partial charge is 0.340 e. The molecule has 0 aliphatic heterocycles. The van der Waals surface area contributed by atoms with E-state index in [0.29, 0.717) is 38.8 Å². The van der Waals surface area contributed by atoms with Crippen LogP contribution in [0, 0.1) is 5.95 Å². The minimum absolute atomic E-state index is 0.272. The van der Waals surface area contributed by atoms with Gasteiger partial charge in [0.1, 0.15) is 12.0 Å². The molecule has 0 saturated heterocycles. The molecule has 0 spiro atoms. The van der Waals surface area contributed by atoms with Crippen LogP contribution in [0.25, 0.3) is 33.2 Å².